The Labute approximate surface area is 134 Å². The monoisotopic (exact) mass is 309 g/mol. The van der Waals surface area contributed by atoms with Gasteiger partial charge < -0.3 is 14.8 Å². The lowest BCUT2D eigenvalue weighted by Gasteiger charge is -2.12. The largest absolute Gasteiger partial charge is 0.450 e. The van der Waals surface area contributed by atoms with Crippen LogP contribution in [0.4, 0.5) is 5.69 Å². The van der Waals surface area contributed by atoms with Crippen LogP contribution in [-0.4, -0.2) is 11.0 Å². The van der Waals surface area contributed by atoms with Crippen LogP contribution in [-0.2, 0) is 0 Å². The highest BCUT2D eigenvalue weighted by Crippen LogP contribution is 2.29. The molecule has 1 unspecified atom stereocenters. The zero-order valence-electron chi connectivity index (χ0n) is 13.4. The Morgan fingerprint density at radius 1 is 1.13 bits per heavy atom. The first kappa shape index (κ1) is 15.3. The van der Waals surface area contributed by atoms with Crippen molar-refractivity contribution < 1.29 is 14.3 Å². The van der Waals surface area contributed by atoms with Gasteiger partial charge in [-0.25, -0.2) is 0 Å². The molecule has 1 amide bonds. The van der Waals surface area contributed by atoms with Crippen LogP contribution >= 0.6 is 0 Å². The van der Waals surface area contributed by atoms with Gasteiger partial charge >= 0.3 is 0 Å². The lowest BCUT2D eigenvalue weighted by molar-refractivity contribution is 0.0997. The number of furan rings is 1. The van der Waals surface area contributed by atoms with Crippen molar-refractivity contribution in [2.24, 2.45) is 0 Å². The summed E-state index contributed by atoms with van der Waals surface area (Å²) in [5, 5.41) is 13.6. The maximum absolute atomic E-state index is 12.6. The summed E-state index contributed by atoms with van der Waals surface area (Å²) in [7, 11) is 0. The number of aliphatic hydroxyl groups excluding tert-OH is 1. The second kappa shape index (κ2) is 5.89. The molecule has 3 aromatic rings. The normalized spacial score (nSPS) is 12.3. The first-order valence-corrected chi connectivity index (χ1v) is 7.56. The number of fused-ring (bicyclic) bond motifs is 1. The average molecular weight is 309 g/mol. The Balaban J connectivity index is 1.99. The minimum atomic E-state index is -0.662. The average Bonchev–Trinajstić information content (AvgIpc) is 2.86. The van der Waals surface area contributed by atoms with Crippen molar-refractivity contribution in [2.45, 2.75) is 26.9 Å². The van der Waals surface area contributed by atoms with Gasteiger partial charge in [-0.05, 0) is 32.4 Å². The highest BCUT2D eigenvalue weighted by molar-refractivity contribution is 6.07. The van der Waals surface area contributed by atoms with E-state index in [1.54, 1.807) is 19.1 Å². The third-order valence-corrected chi connectivity index (χ3v) is 4.03. The van der Waals surface area contributed by atoms with E-state index in [0.29, 0.717) is 17.0 Å². The minimum absolute atomic E-state index is 0.301. The van der Waals surface area contributed by atoms with Crippen LogP contribution in [0.5, 0.6) is 0 Å². The third-order valence-electron chi connectivity index (χ3n) is 4.03. The molecule has 23 heavy (non-hydrogen) atoms. The van der Waals surface area contributed by atoms with E-state index >= 15 is 0 Å². The number of anilines is 1. The van der Waals surface area contributed by atoms with Gasteiger partial charge in [0, 0.05) is 22.2 Å². The number of carbonyl (C=O) groups excluding carboxylic acids is 1. The van der Waals surface area contributed by atoms with Crippen molar-refractivity contribution in [1.82, 2.24) is 0 Å². The van der Waals surface area contributed by atoms with E-state index < -0.39 is 6.10 Å². The van der Waals surface area contributed by atoms with Gasteiger partial charge in [-0.1, -0.05) is 36.4 Å². The summed E-state index contributed by atoms with van der Waals surface area (Å²) >= 11 is 0. The van der Waals surface area contributed by atoms with Gasteiger partial charge in [-0.2, -0.15) is 0 Å². The number of hydrogen-bond acceptors (Lipinski definition) is 3. The molecule has 2 N–H and O–H groups in total. The number of amides is 1. The summed E-state index contributed by atoms with van der Waals surface area (Å²) in [6.45, 7) is 5.50. The predicted octanol–water partition coefficient (Wildman–Crippen LogP) is 4.36. The summed E-state index contributed by atoms with van der Waals surface area (Å²) in [6, 6.07) is 13.0. The Hall–Kier alpha value is -2.59. The fraction of sp³-hybridized carbons (Fsp3) is 0.211. The topological polar surface area (TPSA) is 62.5 Å². The molecule has 0 bridgehead atoms. The molecular formula is C19H19NO3. The highest BCUT2D eigenvalue weighted by Gasteiger charge is 2.20. The molecule has 0 aliphatic heterocycles. The molecule has 0 saturated heterocycles. The quantitative estimate of drug-likeness (QED) is 0.756. The molecule has 0 spiro atoms. The molecule has 1 aromatic heterocycles. The van der Waals surface area contributed by atoms with Gasteiger partial charge in [0.05, 0.1) is 6.10 Å². The second-order valence-electron chi connectivity index (χ2n) is 5.73. The van der Waals surface area contributed by atoms with Crippen molar-refractivity contribution in [3.63, 3.8) is 0 Å². The van der Waals surface area contributed by atoms with Crippen LogP contribution in [0, 0.1) is 13.8 Å². The van der Waals surface area contributed by atoms with Crippen LogP contribution in [0.3, 0.4) is 0 Å². The van der Waals surface area contributed by atoms with Gasteiger partial charge in [0.15, 0.2) is 5.76 Å². The number of aliphatic hydroxyl groups is 1. The highest BCUT2D eigenvalue weighted by atomic mass is 16.3. The molecule has 1 heterocycles. The van der Waals surface area contributed by atoms with Gasteiger partial charge in [0.25, 0.3) is 5.91 Å². The summed E-state index contributed by atoms with van der Waals surface area (Å²) in [4.78, 5) is 12.6. The van der Waals surface area contributed by atoms with Crippen molar-refractivity contribution in [3.05, 3.63) is 64.9 Å². The number of nitrogens with one attached hydrogen (secondary N) is 1. The predicted molar refractivity (Wildman–Crippen MR) is 90.7 cm³/mol. The van der Waals surface area contributed by atoms with Gasteiger partial charge in [0.2, 0.25) is 0 Å². The molecule has 0 aliphatic carbocycles. The zero-order chi connectivity index (χ0) is 16.6. The summed E-state index contributed by atoms with van der Waals surface area (Å²) in [6.07, 6.45) is -0.662. The molecule has 0 fully saturated rings. The molecule has 0 aliphatic rings. The first-order chi connectivity index (χ1) is 11.0. The molecule has 0 saturated carbocycles. The Bertz CT molecular complexity index is 877. The molecule has 3 rings (SSSR count). The van der Waals surface area contributed by atoms with Crippen LogP contribution in [0.25, 0.3) is 11.0 Å². The van der Waals surface area contributed by atoms with Crippen LogP contribution in [0.15, 0.2) is 46.9 Å². The zero-order valence-corrected chi connectivity index (χ0v) is 13.4. The van der Waals surface area contributed by atoms with Gasteiger partial charge in [-0.3, -0.25) is 4.79 Å². The standard InChI is InChI=1S/C19H19NO3/c1-11-7-6-9-14-12(2)18(23-17(11)14)19(22)20-16-10-5-4-8-15(16)13(3)21/h4-10,13,21H,1-3H3,(H,20,22). The van der Waals surface area contributed by atoms with E-state index in [1.807, 2.05) is 44.2 Å². The van der Waals surface area contributed by atoms with E-state index in [4.69, 9.17) is 4.42 Å². The molecule has 0 radical (unpaired) electrons. The van der Waals surface area contributed by atoms with Crippen molar-refractivity contribution >= 4 is 22.6 Å². The molecule has 2 aromatic carbocycles. The molecule has 1 atom stereocenters. The third kappa shape index (κ3) is 2.73. The van der Waals surface area contributed by atoms with Crippen LogP contribution in [0.2, 0.25) is 0 Å². The van der Waals surface area contributed by atoms with Gasteiger partial charge in [-0.15, -0.1) is 0 Å². The van der Waals surface area contributed by atoms with E-state index in [2.05, 4.69) is 5.32 Å². The van der Waals surface area contributed by atoms with Gasteiger partial charge in [0.1, 0.15) is 5.58 Å². The summed E-state index contributed by atoms with van der Waals surface area (Å²) in [5.41, 5.74) is 3.80. The minimum Gasteiger partial charge on any atom is -0.450 e. The number of aryl methyl sites for hydroxylation is 2. The lowest BCUT2D eigenvalue weighted by Crippen LogP contribution is -2.14. The second-order valence-corrected chi connectivity index (χ2v) is 5.73. The fourth-order valence-corrected chi connectivity index (χ4v) is 2.76. The maximum Gasteiger partial charge on any atom is 0.291 e. The number of benzene rings is 2. The van der Waals surface area contributed by atoms with Crippen LogP contribution < -0.4 is 5.32 Å². The van der Waals surface area contributed by atoms with E-state index in [9.17, 15) is 9.90 Å². The van der Waals surface area contributed by atoms with Crippen molar-refractivity contribution in [1.29, 1.82) is 0 Å². The number of hydrogen-bond donors (Lipinski definition) is 2. The Morgan fingerprint density at radius 2 is 1.87 bits per heavy atom. The van der Waals surface area contributed by atoms with Crippen molar-refractivity contribution in [3.8, 4) is 0 Å². The van der Waals surface area contributed by atoms with E-state index in [-0.39, 0.29) is 5.91 Å². The smallest absolute Gasteiger partial charge is 0.291 e. The molecule has 118 valence electrons. The number of rotatable bonds is 3. The SMILES string of the molecule is Cc1c(C(=O)Nc2ccccc2C(C)O)oc2c(C)cccc12. The maximum atomic E-state index is 12.6. The van der Waals surface area contributed by atoms with E-state index in [0.717, 1.165) is 22.1 Å². The first-order valence-electron chi connectivity index (χ1n) is 7.56. The fourth-order valence-electron chi connectivity index (χ4n) is 2.76. The van der Waals surface area contributed by atoms with E-state index in [1.165, 1.54) is 0 Å². The molecule has 4 nitrogen and oxygen atoms in total. The molecular weight excluding hydrogens is 290 g/mol. The number of carbonyl (C=O) groups is 1. The van der Waals surface area contributed by atoms with Crippen molar-refractivity contribution in [2.75, 3.05) is 5.32 Å². The molecule has 4 heteroatoms. The Morgan fingerprint density at radius 3 is 2.57 bits per heavy atom. The van der Waals surface area contributed by atoms with Crippen LogP contribution in [0.1, 0.15) is 40.3 Å². The number of para-hydroxylation sites is 2. The lowest BCUT2D eigenvalue weighted by atomic mass is 10.1. The summed E-state index contributed by atoms with van der Waals surface area (Å²) in [5.74, 6) is -0.0131. The Kier molecular flexibility index (Phi) is 3.92. The summed E-state index contributed by atoms with van der Waals surface area (Å²) < 4.78 is 5.79.